The zero-order valence-corrected chi connectivity index (χ0v) is 16.1. The van der Waals surface area contributed by atoms with Crippen LogP contribution in [0.3, 0.4) is 0 Å². The van der Waals surface area contributed by atoms with E-state index >= 15 is 0 Å². The fourth-order valence-electron chi connectivity index (χ4n) is 2.62. The van der Waals surface area contributed by atoms with E-state index in [2.05, 4.69) is 34.7 Å². The van der Waals surface area contributed by atoms with Crippen molar-refractivity contribution >= 4 is 28.3 Å². The zero-order valence-electron chi connectivity index (χ0n) is 15.3. The Bertz CT molecular complexity index is 948. The van der Waals surface area contributed by atoms with E-state index in [9.17, 15) is 9.59 Å². The minimum absolute atomic E-state index is 0.104. The fraction of sp³-hybridized carbons (Fsp3) is 0.190. The molecule has 3 rings (SSSR count). The second-order valence-electron chi connectivity index (χ2n) is 6.13. The van der Waals surface area contributed by atoms with Crippen LogP contribution in [0.1, 0.15) is 28.4 Å². The maximum absolute atomic E-state index is 12.2. The minimum Gasteiger partial charge on any atom is -0.343 e. The number of benzene rings is 2. The van der Waals surface area contributed by atoms with Crippen molar-refractivity contribution in [2.45, 2.75) is 20.3 Å². The van der Waals surface area contributed by atoms with Gasteiger partial charge in [0.15, 0.2) is 5.13 Å². The summed E-state index contributed by atoms with van der Waals surface area (Å²) in [5.74, 6) is -0.571. The van der Waals surface area contributed by atoms with Crippen LogP contribution in [0, 0.1) is 6.92 Å². The Morgan fingerprint density at radius 1 is 1.07 bits per heavy atom. The number of aryl methyl sites for hydroxylation is 2. The molecule has 6 heteroatoms. The Labute approximate surface area is 162 Å². The van der Waals surface area contributed by atoms with E-state index in [4.69, 9.17) is 0 Å². The summed E-state index contributed by atoms with van der Waals surface area (Å²) in [6.45, 7) is 3.87. The molecule has 0 aliphatic rings. The van der Waals surface area contributed by atoms with Crippen molar-refractivity contribution in [3.63, 3.8) is 0 Å². The number of hydrogen-bond donors (Lipinski definition) is 2. The highest BCUT2D eigenvalue weighted by molar-refractivity contribution is 7.14. The highest BCUT2D eigenvalue weighted by atomic mass is 32.1. The number of aromatic nitrogens is 1. The number of nitrogens with zero attached hydrogens (tertiary/aromatic N) is 1. The Hall–Kier alpha value is -2.99. The molecule has 2 N–H and O–H groups in total. The lowest BCUT2D eigenvalue weighted by Crippen LogP contribution is -2.33. The van der Waals surface area contributed by atoms with Crippen molar-refractivity contribution in [2.75, 3.05) is 11.9 Å². The number of carbonyl (C=O) groups excluding carboxylic acids is 2. The molecular formula is C21H21N3O2S. The molecular weight excluding hydrogens is 358 g/mol. The standard InChI is InChI=1S/C21H21N3O2S/c1-3-15-8-10-16(11-9-15)18-13-27-21(23-18)24-19(25)12-22-20(26)17-7-5-4-6-14(17)2/h4-11,13H,3,12H2,1-2H3,(H,22,26)(H,23,24,25). The molecule has 0 aliphatic carbocycles. The zero-order chi connectivity index (χ0) is 19.2. The van der Waals surface area contributed by atoms with Crippen LogP contribution in [0.15, 0.2) is 53.9 Å². The highest BCUT2D eigenvalue weighted by Gasteiger charge is 2.12. The third-order valence-electron chi connectivity index (χ3n) is 4.21. The quantitative estimate of drug-likeness (QED) is 0.679. The van der Waals surface area contributed by atoms with E-state index in [-0.39, 0.29) is 18.4 Å². The van der Waals surface area contributed by atoms with Crippen LogP contribution in [0.25, 0.3) is 11.3 Å². The number of nitrogens with one attached hydrogen (secondary N) is 2. The molecule has 0 spiro atoms. The van der Waals surface area contributed by atoms with Gasteiger partial charge in [-0.05, 0) is 30.5 Å². The van der Waals surface area contributed by atoms with Gasteiger partial charge in [0, 0.05) is 16.5 Å². The first-order valence-electron chi connectivity index (χ1n) is 8.75. The fourth-order valence-corrected chi connectivity index (χ4v) is 3.36. The highest BCUT2D eigenvalue weighted by Crippen LogP contribution is 2.25. The lowest BCUT2D eigenvalue weighted by atomic mass is 10.1. The lowest BCUT2D eigenvalue weighted by Gasteiger charge is -2.07. The molecule has 1 heterocycles. The molecule has 138 valence electrons. The molecule has 0 fully saturated rings. The van der Waals surface area contributed by atoms with Gasteiger partial charge in [-0.1, -0.05) is 49.4 Å². The van der Waals surface area contributed by atoms with Crippen LogP contribution >= 0.6 is 11.3 Å². The summed E-state index contributed by atoms with van der Waals surface area (Å²) in [7, 11) is 0. The van der Waals surface area contributed by atoms with Gasteiger partial charge in [0.1, 0.15) is 0 Å². The first-order chi connectivity index (χ1) is 13.1. The van der Waals surface area contributed by atoms with Gasteiger partial charge < -0.3 is 10.6 Å². The second-order valence-corrected chi connectivity index (χ2v) is 6.99. The topological polar surface area (TPSA) is 71.1 Å². The van der Waals surface area contributed by atoms with Gasteiger partial charge in [-0.2, -0.15) is 0 Å². The molecule has 3 aromatic rings. The molecule has 2 aromatic carbocycles. The number of hydrogen-bond acceptors (Lipinski definition) is 4. The van der Waals surface area contributed by atoms with E-state index in [0.717, 1.165) is 23.2 Å². The molecule has 27 heavy (non-hydrogen) atoms. The lowest BCUT2D eigenvalue weighted by molar-refractivity contribution is -0.115. The summed E-state index contributed by atoms with van der Waals surface area (Å²) < 4.78 is 0. The van der Waals surface area contributed by atoms with Crippen molar-refractivity contribution in [3.05, 3.63) is 70.6 Å². The molecule has 2 amide bonds. The van der Waals surface area contributed by atoms with Crippen molar-refractivity contribution in [3.8, 4) is 11.3 Å². The number of amides is 2. The summed E-state index contributed by atoms with van der Waals surface area (Å²) in [5, 5.41) is 7.79. The summed E-state index contributed by atoms with van der Waals surface area (Å²) in [4.78, 5) is 28.7. The minimum atomic E-state index is -0.306. The molecule has 0 aliphatic heterocycles. The van der Waals surface area contributed by atoms with E-state index < -0.39 is 0 Å². The number of anilines is 1. The summed E-state index contributed by atoms with van der Waals surface area (Å²) in [6.07, 6.45) is 0.993. The molecule has 0 saturated carbocycles. The van der Waals surface area contributed by atoms with Gasteiger partial charge in [0.05, 0.1) is 12.2 Å². The maximum Gasteiger partial charge on any atom is 0.251 e. The Morgan fingerprint density at radius 2 is 1.81 bits per heavy atom. The van der Waals surface area contributed by atoms with Crippen LogP contribution in [0.2, 0.25) is 0 Å². The van der Waals surface area contributed by atoms with Crippen molar-refractivity contribution in [1.29, 1.82) is 0 Å². The average Bonchev–Trinajstić information content (AvgIpc) is 3.15. The summed E-state index contributed by atoms with van der Waals surface area (Å²) in [6, 6.07) is 15.5. The van der Waals surface area contributed by atoms with Crippen molar-refractivity contribution < 1.29 is 9.59 Å². The predicted octanol–water partition coefficient (Wildman–Crippen LogP) is 4.05. The SMILES string of the molecule is CCc1ccc(-c2csc(NC(=O)CNC(=O)c3ccccc3C)n2)cc1. The first kappa shape index (κ1) is 18.8. The smallest absolute Gasteiger partial charge is 0.251 e. The Balaban J connectivity index is 1.56. The van der Waals surface area contributed by atoms with Gasteiger partial charge in [-0.3, -0.25) is 9.59 Å². The van der Waals surface area contributed by atoms with Crippen LogP contribution in [0.5, 0.6) is 0 Å². The summed E-state index contributed by atoms with van der Waals surface area (Å²) >= 11 is 1.36. The largest absolute Gasteiger partial charge is 0.343 e. The molecule has 5 nitrogen and oxygen atoms in total. The molecule has 0 saturated heterocycles. The normalized spacial score (nSPS) is 10.4. The molecule has 0 unspecified atom stereocenters. The molecule has 0 bridgehead atoms. The van der Waals surface area contributed by atoms with E-state index in [1.54, 1.807) is 12.1 Å². The maximum atomic E-state index is 12.2. The van der Waals surface area contributed by atoms with E-state index in [1.165, 1.54) is 16.9 Å². The predicted molar refractivity (Wildman–Crippen MR) is 109 cm³/mol. The van der Waals surface area contributed by atoms with Gasteiger partial charge in [-0.25, -0.2) is 4.98 Å². The number of rotatable bonds is 6. The molecule has 0 radical (unpaired) electrons. The van der Waals surface area contributed by atoms with Gasteiger partial charge in [0.2, 0.25) is 5.91 Å². The first-order valence-corrected chi connectivity index (χ1v) is 9.63. The van der Waals surface area contributed by atoms with E-state index in [1.807, 2.05) is 36.6 Å². The van der Waals surface area contributed by atoms with Crippen LogP contribution in [-0.2, 0) is 11.2 Å². The molecule has 0 atom stereocenters. The van der Waals surface area contributed by atoms with Gasteiger partial charge in [-0.15, -0.1) is 11.3 Å². The second kappa shape index (κ2) is 8.60. The van der Waals surface area contributed by atoms with Gasteiger partial charge >= 0.3 is 0 Å². The molecule has 1 aromatic heterocycles. The Kier molecular flexibility index (Phi) is 5.98. The van der Waals surface area contributed by atoms with Crippen molar-refractivity contribution in [2.24, 2.45) is 0 Å². The Morgan fingerprint density at radius 3 is 2.52 bits per heavy atom. The van der Waals surface area contributed by atoms with Gasteiger partial charge in [0.25, 0.3) is 5.91 Å². The van der Waals surface area contributed by atoms with E-state index in [0.29, 0.717) is 10.7 Å². The monoisotopic (exact) mass is 379 g/mol. The van der Waals surface area contributed by atoms with Crippen LogP contribution < -0.4 is 10.6 Å². The van der Waals surface area contributed by atoms with Crippen molar-refractivity contribution in [1.82, 2.24) is 10.3 Å². The summed E-state index contributed by atoms with van der Waals surface area (Å²) in [5.41, 5.74) is 4.54. The van der Waals surface area contributed by atoms with Crippen LogP contribution in [-0.4, -0.2) is 23.3 Å². The van der Waals surface area contributed by atoms with Crippen LogP contribution in [0.4, 0.5) is 5.13 Å². The number of carbonyl (C=O) groups is 2. The number of thiazole rings is 1. The third-order valence-corrected chi connectivity index (χ3v) is 4.97. The average molecular weight is 379 g/mol. The third kappa shape index (κ3) is 4.80.